The number of alkyl halides is 1. The second-order valence-electron chi connectivity index (χ2n) is 2.71. The van der Waals surface area contributed by atoms with Gasteiger partial charge in [-0.25, -0.2) is 0 Å². The Labute approximate surface area is 73.2 Å². The van der Waals surface area contributed by atoms with E-state index in [2.05, 4.69) is 31.2 Å². The van der Waals surface area contributed by atoms with E-state index in [0.29, 0.717) is 0 Å². The minimum atomic E-state index is 0.126. The van der Waals surface area contributed by atoms with Crippen molar-refractivity contribution in [2.45, 2.75) is 25.6 Å². The number of hydrogen-bond acceptors (Lipinski definition) is 0. The third-order valence-corrected chi connectivity index (χ3v) is 2.07. The van der Waals surface area contributed by atoms with Gasteiger partial charge in [-0.1, -0.05) is 31.2 Å². The minimum Gasteiger partial charge on any atom is -0.118 e. The summed E-state index contributed by atoms with van der Waals surface area (Å²) in [7, 11) is 0. The highest BCUT2D eigenvalue weighted by Crippen LogP contribution is 2.19. The van der Waals surface area contributed by atoms with Crippen molar-refractivity contribution in [2.75, 3.05) is 0 Å². The Morgan fingerprint density at radius 2 is 2.18 bits per heavy atom. The molecule has 1 unspecified atom stereocenters. The van der Waals surface area contributed by atoms with Crippen LogP contribution < -0.4 is 0 Å². The zero-order valence-electron chi connectivity index (χ0n) is 6.97. The molecule has 0 aliphatic heterocycles. The summed E-state index contributed by atoms with van der Waals surface area (Å²) in [5.41, 5.74) is 2.57. The van der Waals surface area contributed by atoms with Crippen LogP contribution in [0.2, 0.25) is 0 Å². The molecule has 1 atom stereocenters. The summed E-state index contributed by atoms with van der Waals surface area (Å²) >= 11 is 5.93. The molecule has 0 heterocycles. The van der Waals surface area contributed by atoms with E-state index >= 15 is 0 Å². The number of benzene rings is 1. The molecule has 1 aromatic carbocycles. The van der Waals surface area contributed by atoms with Gasteiger partial charge in [0.15, 0.2) is 0 Å². The summed E-state index contributed by atoms with van der Waals surface area (Å²) < 4.78 is 0. The fourth-order valence-electron chi connectivity index (χ4n) is 1.06. The van der Waals surface area contributed by atoms with Gasteiger partial charge < -0.3 is 0 Å². The Morgan fingerprint density at radius 3 is 2.73 bits per heavy atom. The molecule has 1 heteroatoms. The molecule has 0 aromatic heterocycles. The molecule has 0 N–H and O–H groups in total. The van der Waals surface area contributed by atoms with Crippen molar-refractivity contribution < 1.29 is 0 Å². The number of hydrogen-bond donors (Lipinski definition) is 0. The Morgan fingerprint density at radius 1 is 1.45 bits per heavy atom. The first-order valence-electron chi connectivity index (χ1n) is 3.97. The maximum absolute atomic E-state index is 5.93. The summed E-state index contributed by atoms with van der Waals surface area (Å²) in [6.07, 6.45) is 1.08. The van der Waals surface area contributed by atoms with Crippen molar-refractivity contribution in [3.8, 4) is 0 Å². The summed E-state index contributed by atoms with van der Waals surface area (Å²) in [5, 5.41) is 0.126. The molecule has 1 aromatic rings. The maximum atomic E-state index is 5.93. The molecule has 0 radical (unpaired) electrons. The van der Waals surface area contributed by atoms with Crippen LogP contribution in [0.15, 0.2) is 24.3 Å². The van der Waals surface area contributed by atoms with Crippen molar-refractivity contribution in [3.63, 3.8) is 0 Å². The fourth-order valence-corrected chi connectivity index (χ4v) is 1.20. The zero-order valence-corrected chi connectivity index (χ0v) is 7.73. The largest absolute Gasteiger partial charge is 0.118 e. The van der Waals surface area contributed by atoms with E-state index in [1.54, 1.807) is 0 Å². The predicted octanol–water partition coefficient (Wildman–Crippen LogP) is 3.55. The Bertz CT molecular complexity index is 228. The van der Waals surface area contributed by atoms with E-state index in [1.807, 2.05) is 6.92 Å². The third-order valence-electron chi connectivity index (χ3n) is 1.82. The molecule has 0 spiro atoms. The van der Waals surface area contributed by atoms with Gasteiger partial charge in [-0.05, 0) is 24.5 Å². The third kappa shape index (κ3) is 2.23. The monoisotopic (exact) mass is 168 g/mol. The standard InChI is InChI=1S/C10H13Cl/c1-3-9-5-4-6-10(7-9)8(2)11/h4-8H,3H2,1-2H3. The van der Waals surface area contributed by atoms with Gasteiger partial charge in [0.25, 0.3) is 0 Å². The van der Waals surface area contributed by atoms with Gasteiger partial charge in [-0.3, -0.25) is 0 Å². The van der Waals surface area contributed by atoms with Gasteiger partial charge in [-0.15, -0.1) is 11.6 Å². The molecular formula is C10H13Cl. The lowest BCUT2D eigenvalue weighted by atomic mass is 10.1. The van der Waals surface area contributed by atoms with Gasteiger partial charge in [0.2, 0.25) is 0 Å². The molecule has 0 aliphatic carbocycles. The molecule has 0 nitrogen and oxygen atoms in total. The lowest BCUT2D eigenvalue weighted by Crippen LogP contribution is -1.86. The molecule has 11 heavy (non-hydrogen) atoms. The van der Waals surface area contributed by atoms with Crippen molar-refractivity contribution in [1.82, 2.24) is 0 Å². The summed E-state index contributed by atoms with van der Waals surface area (Å²) in [6, 6.07) is 8.42. The van der Waals surface area contributed by atoms with Crippen LogP contribution >= 0.6 is 11.6 Å². The molecule has 0 aliphatic rings. The summed E-state index contributed by atoms with van der Waals surface area (Å²) in [4.78, 5) is 0. The van der Waals surface area contributed by atoms with Crippen LogP contribution in [0.3, 0.4) is 0 Å². The minimum absolute atomic E-state index is 0.126. The highest BCUT2D eigenvalue weighted by atomic mass is 35.5. The summed E-state index contributed by atoms with van der Waals surface area (Å²) in [6.45, 7) is 4.15. The van der Waals surface area contributed by atoms with Crippen molar-refractivity contribution in [1.29, 1.82) is 0 Å². The van der Waals surface area contributed by atoms with Crippen molar-refractivity contribution in [3.05, 3.63) is 35.4 Å². The smallest absolute Gasteiger partial charge is 0.0557 e. The average molecular weight is 169 g/mol. The van der Waals surface area contributed by atoms with E-state index in [4.69, 9.17) is 11.6 Å². The van der Waals surface area contributed by atoms with E-state index in [-0.39, 0.29) is 5.38 Å². The second-order valence-corrected chi connectivity index (χ2v) is 3.37. The first-order chi connectivity index (χ1) is 5.24. The quantitative estimate of drug-likeness (QED) is 0.593. The van der Waals surface area contributed by atoms with Crippen molar-refractivity contribution in [2.24, 2.45) is 0 Å². The number of rotatable bonds is 2. The van der Waals surface area contributed by atoms with E-state index in [0.717, 1.165) is 6.42 Å². The molecular weight excluding hydrogens is 156 g/mol. The summed E-state index contributed by atoms with van der Waals surface area (Å²) in [5.74, 6) is 0. The molecule has 60 valence electrons. The predicted molar refractivity (Wildman–Crippen MR) is 50.1 cm³/mol. The number of aryl methyl sites for hydroxylation is 1. The van der Waals surface area contributed by atoms with E-state index in [9.17, 15) is 0 Å². The van der Waals surface area contributed by atoms with Gasteiger partial charge in [0.05, 0.1) is 5.38 Å². The molecule has 0 bridgehead atoms. The Hall–Kier alpha value is -0.490. The van der Waals surface area contributed by atoms with Crippen LogP contribution in [0.5, 0.6) is 0 Å². The number of halogens is 1. The SMILES string of the molecule is CCc1cccc(C(C)Cl)c1. The van der Waals surface area contributed by atoms with Crippen LogP contribution in [-0.4, -0.2) is 0 Å². The van der Waals surface area contributed by atoms with Crippen LogP contribution in [0.4, 0.5) is 0 Å². The highest BCUT2D eigenvalue weighted by Gasteiger charge is 1.99. The van der Waals surface area contributed by atoms with Crippen LogP contribution in [0.1, 0.15) is 30.4 Å². The normalized spacial score (nSPS) is 13.0. The van der Waals surface area contributed by atoms with E-state index in [1.165, 1.54) is 11.1 Å². The first-order valence-corrected chi connectivity index (χ1v) is 4.40. The van der Waals surface area contributed by atoms with Crippen molar-refractivity contribution >= 4 is 11.6 Å². The highest BCUT2D eigenvalue weighted by molar-refractivity contribution is 6.20. The maximum Gasteiger partial charge on any atom is 0.0557 e. The topological polar surface area (TPSA) is 0 Å². The Kier molecular flexibility index (Phi) is 2.95. The molecule has 0 fully saturated rings. The van der Waals surface area contributed by atoms with Gasteiger partial charge >= 0.3 is 0 Å². The van der Waals surface area contributed by atoms with Gasteiger partial charge in [0.1, 0.15) is 0 Å². The van der Waals surface area contributed by atoms with Crippen LogP contribution in [0, 0.1) is 0 Å². The lowest BCUT2D eigenvalue weighted by Gasteiger charge is -2.04. The molecule has 1 rings (SSSR count). The van der Waals surface area contributed by atoms with Crippen LogP contribution in [0.25, 0.3) is 0 Å². The van der Waals surface area contributed by atoms with Gasteiger partial charge in [0, 0.05) is 0 Å². The molecule has 0 saturated heterocycles. The first kappa shape index (κ1) is 8.61. The average Bonchev–Trinajstić information content (AvgIpc) is 2.05. The Balaban J connectivity index is 2.91. The molecule has 0 saturated carbocycles. The zero-order chi connectivity index (χ0) is 8.27. The molecule has 0 amide bonds. The fraction of sp³-hybridized carbons (Fsp3) is 0.400. The second kappa shape index (κ2) is 3.77. The van der Waals surface area contributed by atoms with E-state index < -0.39 is 0 Å². The lowest BCUT2D eigenvalue weighted by molar-refractivity contribution is 1.05. The van der Waals surface area contributed by atoms with Gasteiger partial charge in [-0.2, -0.15) is 0 Å². The van der Waals surface area contributed by atoms with Crippen LogP contribution in [-0.2, 0) is 6.42 Å².